The molecule has 6 nitrogen and oxygen atoms in total. The second-order valence-electron chi connectivity index (χ2n) is 4.39. The lowest BCUT2D eigenvalue weighted by molar-refractivity contribution is -0.121. The van der Waals surface area contributed by atoms with Gasteiger partial charge in [-0.1, -0.05) is 11.6 Å². The molecular formula is C13H18Cl2N2O4. The maximum atomic E-state index is 11.3. The summed E-state index contributed by atoms with van der Waals surface area (Å²) in [5.41, 5.74) is 5.83. The topological polar surface area (TPSA) is 93.8 Å². The number of carbonyl (C=O) groups excluding carboxylic acids is 1. The highest BCUT2D eigenvalue weighted by Gasteiger charge is 2.19. The Morgan fingerprint density at radius 2 is 2.14 bits per heavy atom. The minimum Gasteiger partial charge on any atom is -0.486 e. The molecule has 1 aromatic carbocycles. The van der Waals surface area contributed by atoms with Crippen molar-refractivity contribution < 1.29 is 19.4 Å². The molecule has 0 radical (unpaired) electrons. The smallest absolute Gasteiger partial charge is 0.221 e. The van der Waals surface area contributed by atoms with Crippen molar-refractivity contribution in [3.63, 3.8) is 0 Å². The van der Waals surface area contributed by atoms with Crippen LogP contribution in [0.5, 0.6) is 11.5 Å². The third kappa shape index (κ3) is 4.64. The molecule has 0 aromatic heterocycles. The number of amides is 1. The minimum atomic E-state index is -0.870. The maximum absolute atomic E-state index is 11.3. The van der Waals surface area contributed by atoms with Gasteiger partial charge < -0.3 is 25.6 Å². The molecule has 1 atom stereocenters. The van der Waals surface area contributed by atoms with Crippen LogP contribution in [0.3, 0.4) is 0 Å². The number of hydrogen-bond donors (Lipinski definition) is 3. The van der Waals surface area contributed by atoms with E-state index in [9.17, 15) is 9.90 Å². The number of nitrogens with one attached hydrogen (secondary N) is 1. The van der Waals surface area contributed by atoms with Crippen LogP contribution in [0.1, 0.15) is 18.1 Å². The summed E-state index contributed by atoms with van der Waals surface area (Å²) in [6.07, 6.45) is -0.640. The summed E-state index contributed by atoms with van der Waals surface area (Å²) in [7, 11) is 0. The molecule has 21 heavy (non-hydrogen) atoms. The van der Waals surface area contributed by atoms with Crippen molar-refractivity contribution in [2.24, 2.45) is 5.73 Å². The third-order valence-electron chi connectivity index (χ3n) is 2.87. The van der Waals surface area contributed by atoms with E-state index in [2.05, 4.69) is 5.32 Å². The van der Waals surface area contributed by atoms with E-state index in [1.54, 1.807) is 12.1 Å². The number of carbonyl (C=O) groups is 1. The zero-order valence-electron chi connectivity index (χ0n) is 11.3. The monoisotopic (exact) mass is 336 g/mol. The predicted molar refractivity (Wildman–Crippen MR) is 81.3 cm³/mol. The fourth-order valence-corrected chi connectivity index (χ4v) is 2.14. The van der Waals surface area contributed by atoms with Gasteiger partial charge in [0.25, 0.3) is 0 Å². The molecule has 0 spiro atoms. The lowest BCUT2D eigenvalue weighted by atomic mass is 10.1. The lowest BCUT2D eigenvalue weighted by Crippen LogP contribution is -2.29. The first kappa shape index (κ1) is 17.8. The molecule has 4 N–H and O–H groups in total. The second-order valence-corrected chi connectivity index (χ2v) is 4.79. The average Bonchev–Trinajstić information content (AvgIpc) is 2.45. The molecule has 118 valence electrons. The van der Waals surface area contributed by atoms with Crippen LogP contribution < -0.4 is 20.5 Å². The van der Waals surface area contributed by atoms with E-state index >= 15 is 0 Å². The van der Waals surface area contributed by atoms with Gasteiger partial charge >= 0.3 is 0 Å². The molecular weight excluding hydrogens is 319 g/mol. The zero-order valence-corrected chi connectivity index (χ0v) is 12.9. The predicted octanol–water partition coefficient (Wildman–Crippen LogP) is 1.03. The number of halogens is 2. The molecule has 8 heteroatoms. The zero-order chi connectivity index (χ0) is 14.5. The van der Waals surface area contributed by atoms with Crippen molar-refractivity contribution in [2.45, 2.75) is 12.5 Å². The van der Waals surface area contributed by atoms with Gasteiger partial charge in [0.2, 0.25) is 5.91 Å². The number of benzene rings is 1. The fraction of sp³-hybridized carbons (Fsp3) is 0.462. The Morgan fingerprint density at radius 1 is 1.43 bits per heavy atom. The quantitative estimate of drug-likeness (QED) is 0.746. The summed E-state index contributed by atoms with van der Waals surface area (Å²) in [6, 6.07) is 3.27. The minimum absolute atomic E-state index is 0. The van der Waals surface area contributed by atoms with E-state index in [-0.39, 0.29) is 37.8 Å². The first-order valence-electron chi connectivity index (χ1n) is 6.35. The van der Waals surface area contributed by atoms with Crippen molar-refractivity contribution in [1.29, 1.82) is 0 Å². The van der Waals surface area contributed by atoms with Gasteiger partial charge in [0.05, 0.1) is 11.1 Å². The molecule has 1 heterocycles. The Hall–Kier alpha value is -1.21. The Bertz CT molecular complexity index is 499. The highest BCUT2D eigenvalue weighted by atomic mass is 35.5. The van der Waals surface area contributed by atoms with Crippen molar-refractivity contribution in [1.82, 2.24) is 5.32 Å². The van der Waals surface area contributed by atoms with Crippen LogP contribution in [-0.2, 0) is 4.79 Å². The molecule has 0 saturated heterocycles. The van der Waals surface area contributed by atoms with Crippen molar-refractivity contribution in [2.75, 3.05) is 26.3 Å². The molecule has 1 aliphatic heterocycles. The molecule has 1 aromatic rings. The SMILES string of the molecule is Cl.NCCC(=O)NCC(O)c1cc(Cl)c2c(c1)OCCO2. The molecule has 2 rings (SSSR count). The van der Waals surface area contributed by atoms with Gasteiger partial charge in [-0.2, -0.15) is 0 Å². The number of fused-ring (bicyclic) bond motifs is 1. The Balaban J connectivity index is 0.00000220. The number of aliphatic hydroxyl groups excluding tert-OH is 1. The van der Waals surface area contributed by atoms with Crippen LogP contribution in [0, 0.1) is 0 Å². The van der Waals surface area contributed by atoms with Crippen LogP contribution in [0.15, 0.2) is 12.1 Å². The van der Waals surface area contributed by atoms with Gasteiger partial charge in [-0.15, -0.1) is 12.4 Å². The normalized spacial score (nSPS) is 14.0. The Morgan fingerprint density at radius 3 is 2.86 bits per heavy atom. The van der Waals surface area contributed by atoms with Crippen LogP contribution in [-0.4, -0.2) is 37.3 Å². The highest BCUT2D eigenvalue weighted by Crippen LogP contribution is 2.39. The van der Waals surface area contributed by atoms with Crippen molar-refractivity contribution in [3.8, 4) is 11.5 Å². The summed E-state index contributed by atoms with van der Waals surface area (Å²) >= 11 is 6.08. The Kier molecular flexibility index (Phi) is 7.04. The fourth-order valence-electron chi connectivity index (χ4n) is 1.87. The number of ether oxygens (including phenoxy) is 2. The van der Waals surface area contributed by atoms with Gasteiger partial charge in [-0.3, -0.25) is 4.79 Å². The van der Waals surface area contributed by atoms with E-state index in [1.807, 2.05) is 0 Å². The molecule has 1 unspecified atom stereocenters. The lowest BCUT2D eigenvalue weighted by Gasteiger charge is -2.21. The molecule has 1 amide bonds. The van der Waals surface area contributed by atoms with E-state index in [0.29, 0.717) is 35.3 Å². The van der Waals surface area contributed by atoms with Crippen molar-refractivity contribution >= 4 is 29.9 Å². The van der Waals surface area contributed by atoms with Crippen molar-refractivity contribution in [3.05, 3.63) is 22.7 Å². The summed E-state index contributed by atoms with van der Waals surface area (Å²) in [6.45, 7) is 1.26. The van der Waals surface area contributed by atoms with Gasteiger partial charge in [0, 0.05) is 19.5 Å². The highest BCUT2D eigenvalue weighted by molar-refractivity contribution is 6.32. The van der Waals surface area contributed by atoms with Gasteiger partial charge in [0.1, 0.15) is 13.2 Å². The molecule has 0 saturated carbocycles. The van der Waals surface area contributed by atoms with E-state index in [0.717, 1.165) is 0 Å². The number of aliphatic hydroxyl groups is 1. The first-order chi connectivity index (χ1) is 9.61. The van der Waals surface area contributed by atoms with Gasteiger partial charge in [-0.25, -0.2) is 0 Å². The Labute approximate surface area is 134 Å². The molecule has 0 fully saturated rings. The summed E-state index contributed by atoms with van der Waals surface area (Å²) in [5.74, 6) is 0.794. The number of nitrogens with two attached hydrogens (primary N) is 1. The molecule has 1 aliphatic rings. The number of rotatable bonds is 5. The second kappa shape index (κ2) is 8.29. The standard InChI is InChI=1S/C13H17ClN2O4.ClH/c14-9-5-8(6-11-13(9)20-4-3-19-11)10(17)7-16-12(18)1-2-15;/h5-6,10,17H,1-4,7,15H2,(H,16,18);1H. The van der Waals surface area contributed by atoms with E-state index in [4.69, 9.17) is 26.8 Å². The van der Waals surface area contributed by atoms with Crippen LogP contribution in [0.2, 0.25) is 5.02 Å². The van der Waals surface area contributed by atoms with E-state index < -0.39 is 6.10 Å². The van der Waals surface area contributed by atoms with Crippen LogP contribution in [0.25, 0.3) is 0 Å². The summed E-state index contributed by atoms with van der Waals surface area (Å²) in [4.78, 5) is 11.3. The maximum Gasteiger partial charge on any atom is 0.221 e. The van der Waals surface area contributed by atoms with Gasteiger partial charge in [-0.05, 0) is 17.7 Å². The van der Waals surface area contributed by atoms with Crippen LogP contribution in [0.4, 0.5) is 0 Å². The molecule has 0 bridgehead atoms. The largest absolute Gasteiger partial charge is 0.486 e. The third-order valence-corrected chi connectivity index (χ3v) is 3.15. The van der Waals surface area contributed by atoms with Gasteiger partial charge in [0.15, 0.2) is 11.5 Å². The average molecular weight is 337 g/mol. The first-order valence-corrected chi connectivity index (χ1v) is 6.73. The van der Waals surface area contributed by atoms with E-state index in [1.165, 1.54) is 0 Å². The summed E-state index contributed by atoms with van der Waals surface area (Å²) < 4.78 is 10.8. The number of hydrogen-bond acceptors (Lipinski definition) is 5. The summed E-state index contributed by atoms with van der Waals surface area (Å²) in [5, 5.41) is 13.0. The van der Waals surface area contributed by atoms with Crippen LogP contribution >= 0.6 is 24.0 Å². The molecule has 0 aliphatic carbocycles.